The highest BCUT2D eigenvalue weighted by Crippen LogP contribution is 2.10. The third-order valence-corrected chi connectivity index (χ3v) is 3.57. The number of rotatable bonds is 7. The fraction of sp³-hybridized carbons (Fsp3) is 0.273. The second-order valence-electron chi connectivity index (χ2n) is 5.37. The highest BCUT2D eigenvalue weighted by molar-refractivity contribution is 5.47. The van der Waals surface area contributed by atoms with Gasteiger partial charge in [0.1, 0.15) is 0 Å². The van der Waals surface area contributed by atoms with E-state index in [1.54, 1.807) is 0 Å². The van der Waals surface area contributed by atoms with E-state index in [0.717, 1.165) is 0 Å². The Hall–Kier alpha value is -2.08. The van der Waals surface area contributed by atoms with E-state index >= 15 is 0 Å². The van der Waals surface area contributed by atoms with Gasteiger partial charge in [-0.1, -0.05) is 106 Å². The molecule has 22 heavy (non-hydrogen) atoms. The minimum Gasteiger partial charge on any atom is -0.0985 e. The van der Waals surface area contributed by atoms with E-state index < -0.39 is 0 Å². The van der Waals surface area contributed by atoms with Gasteiger partial charge in [0.15, 0.2) is 0 Å². The highest BCUT2D eigenvalue weighted by Gasteiger charge is 1.93. The van der Waals surface area contributed by atoms with Crippen LogP contribution < -0.4 is 0 Å². The standard InChI is InChI=1S/C14H20.C8H8/c1-3-5-6-7-8-14-11-9-13(4-2)10-12-14;1-2-8-6-4-3-5-7-8/h4,9-12H,2-3,5-8H2,1H3;2-7H,1H2. The maximum atomic E-state index is 3.75. The Morgan fingerprint density at radius 1 is 0.727 bits per heavy atom. The topological polar surface area (TPSA) is 0 Å². The summed E-state index contributed by atoms with van der Waals surface area (Å²) in [6.07, 6.45) is 10.3. The Morgan fingerprint density at radius 3 is 1.82 bits per heavy atom. The summed E-state index contributed by atoms with van der Waals surface area (Å²) in [5.74, 6) is 0. The van der Waals surface area contributed by atoms with Gasteiger partial charge in [-0.05, 0) is 29.5 Å². The van der Waals surface area contributed by atoms with E-state index in [0.29, 0.717) is 0 Å². The average Bonchev–Trinajstić information content (AvgIpc) is 2.60. The molecular formula is C22H28. The van der Waals surface area contributed by atoms with Crippen LogP contribution in [0.25, 0.3) is 12.2 Å². The van der Waals surface area contributed by atoms with Crippen LogP contribution in [-0.4, -0.2) is 0 Å². The lowest BCUT2D eigenvalue weighted by Gasteiger charge is -2.01. The zero-order valence-electron chi connectivity index (χ0n) is 13.8. The first kappa shape index (κ1) is 18.0. The van der Waals surface area contributed by atoms with Crippen molar-refractivity contribution in [3.63, 3.8) is 0 Å². The minimum atomic E-state index is 1.17. The minimum absolute atomic E-state index is 1.17. The molecule has 0 amide bonds. The Balaban J connectivity index is 0.000000255. The molecule has 0 unspecified atom stereocenters. The summed E-state index contributed by atoms with van der Waals surface area (Å²) in [6.45, 7) is 9.63. The Kier molecular flexibility index (Phi) is 9.45. The normalized spacial score (nSPS) is 9.50. The van der Waals surface area contributed by atoms with Crippen LogP contribution in [0.15, 0.2) is 67.8 Å². The van der Waals surface area contributed by atoms with Gasteiger partial charge in [-0.3, -0.25) is 0 Å². The molecule has 0 spiro atoms. The van der Waals surface area contributed by atoms with Gasteiger partial charge in [0.05, 0.1) is 0 Å². The van der Waals surface area contributed by atoms with Gasteiger partial charge in [-0.2, -0.15) is 0 Å². The fourth-order valence-electron chi connectivity index (χ4n) is 2.17. The smallest absolute Gasteiger partial charge is 0.0262 e. The van der Waals surface area contributed by atoms with Crippen molar-refractivity contribution in [2.45, 2.75) is 39.0 Å². The van der Waals surface area contributed by atoms with E-state index in [1.165, 1.54) is 48.8 Å². The van der Waals surface area contributed by atoms with Gasteiger partial charge in [0.2, 0.25) is 0 Å². The molecule has 0 aromatic heterocycles. The summed E-state index contributed by atoms with van der Waals surface area (Å²) in [6, 6.07) is 18.7. The molecule has 0 nitrogen and oxygen atoms in total. The van der Waals surface area contributed by atoms with E-state index in [1.807, 2.05) is 42.5 Å². The summed E-state index contributed by atoms with van der Waals surface area (Å²) in [5.41, 5.74) is 3.83. The number of aryl methyl sites for hydroxylation is 1. The quantitative estimate of drug-likeness (QED) is 0.493. The van der Waals surface area contributed by atoms with Crippen molar-refractivity contribution < 1.29 is 0 Å². The molecule has 0 radical (unpaired) electrons. The Labute approximate surface area is 136 Å². The molecule has 0 aliphatic carbocycles. The summed E-state index contributed by atoms with van der Waals surface area (Å²) >= 11 is 0. The molecule has 0 heteroatoms. The van der Waals surface area contributed by atoms with Crippen molar-refractivity contribution in [2.24, 2.45) is 0 Å². The SMILES string of the molecule is C=Cc1ccc(CCCCCC)cc1.C=Cc1ccccc1. The van der Waals surface area contributed by atoms with Gasteiger partial charge in [0.25, 0.3) is 0 Å². The lowest BCUT2D eigenvalue weighted by atomic mass is 10.0. The number of hydrogen-bond acceptors (Lipinski definition) is 0. The summed E-state index contributed by atoms with van der Waals surface area (Å²) < 4.78 is 0. The van der Waals surface area contributed by atoms with Crippen molar-refractivity contribution >= 4 is 12.2 Å². The zero-order chi connectivity index (χ0) is 16.0. The fourth-order valence-corrected chi connectivity index (χ4v) is 2.17. The van der Waals surface area contributed by atoms with Crippen LogP contribution in [0.1, 0.15) is 49.3 Å². The van der Waals surface area contributed by atoms with Crippen molar-refractivity contribution in [3.8, 4) is 0 Å². The zero-order valence-corrected chi connectivity index (χ0v) is 13.8. The third kappa shape index (κ3) is 7.64. The molecule has 0 saturated heterocycles. The lowest BCUT2D eigenvalue weighted by Crippen LogP contribution is -1.85. The predicted molar refractivity (Wildman–Crippen MR) is 101 cm³/mol. The van der Waals surface area contributed by atoms with Crippen molar-refractivity contribution in [1.29, 1.82) is 0 Å². The first-order valence-electron chi connectivity index (χ1n) is 8.19. The van der Waals surface area contributed by atoms with E-state index in [9.17, 15) is 0 Å². The van der Waals surface area contributed by atoms with Crippen molar-refractivity contribution in [2.75, 3.05) is 0 Å². The molecule has 0 N–H and O–H groups in total. The van der Waals surface area contributed by atoms with Crippen LogP contribution >= 0.6 is 0 Å². The largest absolute Gasteiger partial charge is 0.0985 e. The molecule has 0 saturated carbocycles. The van der Waals surface area contributed by atoms with Gasteiger partial charge in [0, 0.05) is 0 Å². The van der Waals surface area contributed by atoms with Gasteiger partial charge >= 0.3 is 0 Å². The molecule has 0 aliphatic heterocycles. The molecular weight excluding hydrogens is 264 g/mol. The van der Waals surface area contributed by atoms with Crippen LogP contribution in [0.4, 0.5) is 0 Å². The van der Waals surface area contributed by atoms with Gasteiger partial charge in [-0.25, -0.2) is 0 Å². The van der Waals surface area contributed by atoms with Crippen LogP contribution in [0, 0.1) is 0 Å². The first-order valence-corrected chi connectivity index (χ1v) is 8.19. The van der Waals surface area contributed by atoms with Crippen molar-refractivity contribution in [1.82, 2.24) is 0 Å². The van der Waals surface area contributed by atoms with Crippen LogP contribution in [0.5, 0.6) is 0 Å². The molecule has 0 atom stereocenters. The molecule has 2 rings (SSSR count). The second-order valence-corrected chi connectivity index (χ2v) is 5.37. The molecule has 0 heterocycles. The maximum absolute atomic E-state index is 3.75. The number of hydrogen-bond donors (Lipinski definition) is 0. The number of unbranched alkanes of at least 4 members (excludes halogenated alkanes) is 3. The van der Waals surface area contributed by atoms with E-state index in [4.69, 9.17) is 0 Å². The van der Waals surface area contributed by atoms with Crippen LogP contribution in [-0.2, 0) is 6.42 Å². The maximum Gasteiger partial charge on any atom is -0.0262 e. The summed E-state index contributed by atoms with van der Waals surface area (Å²) in [4.78, 5) is 0. The van der Waals surface area contributed by atoms with Gasteiger partial charge in [-0.15, -0.1) is 0 Å². The third-order valence-electron chi connectivity index (χ3n) is 3.57. The summed E-state index contributed by atoms with van der Waals surface area (Å²) in [5, 5.41) is 0. The monoisotopic (exact) mass is 292 g/mol. The van der Waals surface area contributed by atoms with Crippen LogP contribution in [0.2, 0.25) is 0 Å². The predicted octanol–water partition coefficient (Wildman–Crippen LogP) is 6.78. The molecule has 116 valence electrons. The van der Waals surface area contributed by atoms with Gasteiger partial charge < -0.3 is 0 Å². The molecule has 0 aliphatic rings. The highest BCUT2D eigenvalue weighted by atomic mass is 14.0. The molecule has 0 bridgehead atoms. The molecule has 2 aromatic rings. The number of benzene rings is 2. The second kappa shape index (κ2) is 11.6. The lowest BCUT2D eigenvalue weighted by molar-refractivity contribution is 0.667. The van der Waals surface area contributed by atoms with Crippen LogP contribution in [0.3, 0.4) is 0 Å². The van der Waals surface area contributed by atoms with Crippen molar-refractivity contribution in [3.05, 3.63) is 84.4 Å². The van der Waals surface area contributed by atoms with E-state index in [-0.39, 0.29) is 0 Å². The molecule has 2 aromatic carbocycles. The Bertz CT molecular complexity index is 520. The summed E-state index contributed by atoms with van der Waals surface area (Å²) in [7, 11) is 0. The first-order chi connectivity index (χ1) is 10.8. The average molecular weight is 292 g/mol. The Morgan fingerprint density at radius 2 is 1.32 bits per heavy atom. The van der Waals surface area contributed by atoms with E-state index in [2.05, 4.69) is 44.3 Å². The molecule has 0 fully saturated rings.